The lowest BCUT2D eigenvalue weighted by Crippen LogP contribution is -2.38. The van der Waals surface area contributed by atoms with Gasteiger partial charge in [-0.25, -0.2) is 0 Å². The fourth-order valence-corrected chi connectivity index (χ4v) is 3.70. The van der Waals surface area contributed by atoms with Crippen molar-refractivity contribution in [2.75, 3.05) is 13.1 Å². The van der Waals surface area contributed by atoms with Crippen LogP contribution in [-0.2, 0) is 0 Å². The predicted molar refractivity (Wildman–Crippen MR) is 80.8 cm³/mol. The molecule has 1 aliphatic rings. The Morgan fingerprint density at radius 2 is 1.78 bits per heavy atom. The van der Waals surface area contributed by atoms with E-state index in [0.717, 1.165) is 46.4 Å². The molecule has 2 rings (SSSR count). The standard InChI is InChI=1S/C14H17Br2NO/c1-2-10-3-5-17(6-4-10)14(18)11-7-12(15)9-13(16)8-11/h7-10H,2-6H2,1H3. The maximum atomic E-state index is 12.4. The molecule has 1 heterocycles. The summed E-state index contributed by atoms with van der Waals surface area (Å²) in [6, 6.07) is 5.72. The van der Waals surface area contributed by atoms with E-state index in [1.807, 2.05) is 23.1 Å². The van der Waals surface area contributed by atoms with Crippen LogP contribution in [0.2, 0.25) is 0 Å². The Morgan fingerprint density at radius 1 is 1.22 bits per heavy atom. The molecule has 0 radical (unpaired) electrons. The second kappa shape index (κ2) is 6.20. The summed E-state index contributed by atoms with van der Waals surface area (Å²) in [4.78, 5) is 14.4. The van der Waals surface area contributed by atoms with E-state index in [1.165, 1.54) is 6.42 Å². The molecule has 0 spiro atoms. The average molecular weight is 375 g/mol. The predicted octanol–water partition coefficient (Wildman–Crippen LogP) is 4.47. The molecule has 0 N–H and O–H groups in total. The maximum absolute atomic E-state index is 12.4. The van der Waals surface area contributed by atoms with Crippen molar-refractivity contribution in [1.29, 1.82) is 0 Å². The number of hydrogen-bond donors (Lipinski definition) is 0. The number of nitrogens with zero attached hydrogens (tertiary/aromatic N) is 1. The first-order chi connectivity index (χ1) is 8.60. The summed E-state index contributed by atoms with van der Waals surface area (Å²) in [7, 11) is 0. The lowest BCUT2D eigenvalue weighted by Gasteiger charge is -2.31. The van der Waals surface area contributed by atoms with Crippen molar-refractivity contribution >= 4 is 37.8 Å². The molecule has 4 heteroatoms. The number of halogens is 2. The third kappa shape index (κ3) is 3.35. The summed E-state index contributed by atoms with van der Waals surface area (Å²) in [5.74, 6) is 0.940. The van der Waals surface area contributed by atoms with Crippen molar-refractivity contribution in [1.82, 2.24) is 4.90 Å². The van der Waals surface area contributed by atoms with Crippen LogP contribution in [0.5, 0.6) is 0 Å². The Morgan fingerprint density at radius 3 is 2.28 bits per heavy atom. The summed E-state index contributed by atoms with van der Waals surface area (Å²) < 4.78 is 1.87. The summed E-state index contributed by atoms with van der Waals surface area (Å²) in [6.45, 7) is 4.01. The van der Waals surface area contributed by atoms with Crippen LogP contribution in [0.4, 0.5) is 0 Å². The van der Waals surface area contributed by atoms with Crippen LogP contribution < -0.4 is 0 Å². The Balaban J connectivity index is 2.07. The minimum atomic E-state index is 0.145. The fraction of sp³-hybridized carbons (Fsp3) is 0.500. The van der Waals surface area contributed by atoms with Gasteiger partial charge in [0.05, 0.1) is 0 Å². The van der Waals surface area contributed by atoms with Crippen LogP contribution in [0.25, 0.3) is 0 Å². The van der Waals surface area contributed by atoms with Crippen LogP contribution in [0, 0.1) is 5.92 Å². The van der Waals surface area contributed by atoms with Gasteiger partial charge in [-0.1, -0.05) is 45.2 Å². The monoisotopic (exact) mass is 373 g/mol. The number of amides is 1. The number of carbonyl (C=O) groups is 1. The molecule has 1 aromatic rings. The van der Waals surface area contributed by atoms with Crippen molar-refractivity contribution in [2.45, 2.75) is 26.2 Å². The highest BCUT2D eigenvalue weighted by molar-refractivity contribution is 9.11. The molecule has 1 aromatic carbocycles. The van der Waals surface area contributed by atoms with Gasteiger partial charge in [0, 0.05) is 27.6 Å². The first kappa shape index (κ1) is 14.1. The molecule has 0 aromatic heterocycles. The zero-order valence-electron chi connectivity index (χ0n) is 10.5. The van der Waals surface area contributed by atoms with E-state index in [4.69, 9.17) is 0 Å². The van der Waals surface area contributed by atoms with Crippen molar-refractivity contribution in [2.24, 2.45) is 5.92 Å². The van der Waals surface area contributed by atoms with E-state index in [1.54, 1.807) is 0 Å². The molecule has 18 heavy (non-hydrogen) atoms. The highest BCUT2D eigenvalue weighted by Crippen LogP contribution is 2.24. The molecule has 1 aliphatic heterocycles. The number of carbonyl (C=O) groups excluding carboxylic acids is 1. The summed E-state index contributed by atoms with van der Waals surface area (Å²) in [5, 5.41) is 0. The molecule has 98 valence electrons. The number of piperidine rings is 1. The summed E-state index contributed by atoms with van der Waals surface area (Å²) in [5.41, 5.74) is 0.756. The Labute approximate surface area is 125 Å². The number of hydrogen-bond acceptors (Lipinski definition) is 1. The van der Waals surface area contributed by atoms with E-state index < -0.39 is 0 Å². The molecule has 1 fully saturated rings. The van der Waals surface area contributed by atoms with Gasteiger partial charge in [0.1, 0.15) is 0 Å². The molecule has 0 saturated carbocycles. The van der Waals surface area contributed by atoms with E-state index in [-0.39, 0.29) is 5.91 Å². The summed E-state index contributed by atoms with van der Waals surface area (Å²) >= 11 is 6.85. The molecule has 0 atom stereocenters. The second-order valence-corrected chi connectivity index (χ2v) is 6.63. The molecule has 2 nitrogen and oxygen atoms in total. The van der Waals surface area contributed by atoms with E-state index in [2.05, 4.69) is 38.8 Å². The first-order valence-electron chi connectivity index (χ1n) is 6.35. The largest absolute Gasteiger partial charge is 0.339 e. The Hall–Kier alpha value is -0.350. The highest BCUT2D eigenvalue weighted by atomic mass is 79.9. The fourth-order valence-electron chi connectivity index (χ4n) is 2.40. The SMILES string of the molecule is CCC1CCN(C(=O)c2cc(Br)cc(Br)c2)CC1. The number of rotatable bonds is 2. The van der Waals surface area contributed by atoms with Gasteiger partial charge in [0.15, 0.2) is 0 Å². The zero-order chi connectivity index (χ0) is 13.1. The van der Waals surface area contributed by atoms with E-state index in [9.17, 15) is 4.79 Å². The molecular formula is C14H17Br2NO. The van der Waals surface area contributed by atoms with Gasteiger partial charge in [-0.3, -0.25) is 4.79 Å². The van der Waals surface area contributed by atoms with E-state index in [0.29, 0.717) is 0 Å². The van der Waals surface area contributed by atoms with Crippen LogP contribution in [-0.4, -0.2) is 23.9 Å². The van der Waals surface area contributed by atoms with Crippen molar-refractivity contribution < 1.29 is 4.79 Å². The van der Waals surface area contributed by atoms with Gasteiger partial charge in [0.25, 0.3) is 5.91 Å². The minimum absolute atomic E-state index is 0.145. The minimum Gasteiger partial charge on any atom is -0.339 e. The zero-order valence-corrected chi connectivity index (χ0v) is 13.6. The Bertz CT molecular complexity index is 419. The molecule has 1 saturated heterocycles. The first-order valence-corrected chi connectivity index (χ1v) is 7.94. The highest BCUT2D eigenvalue weighted by Gasteiger charge is 2.22. The van der Waals surface area contributed by atoms with Crippen LogP contribution >= 0.6 is 31.9 Å². The van der Waals surface area contributed by atoms with Crippen molar-refractivity contribution in [3.05, 3.63) is 32.7 Å². The van der Waals surface area contributed by atoms with E-state index >= 15 is 0 Å². The van der Waals surface area contributed by atoms with Gasteiger partial charge in [-0.15, -0.1) is 0 Å². The Kier molecular flexibility index (Phi) is 4.84. The van der Waals surface area contributed by atoms with Crippen LogP contribution in [0.15, 0.2) is 27.1 Å². The molecule has 1 amide bonds. The molecule has 0 bridgehead atoms. The van der Waals surface area contributed by atoms with Gasteiger partial charge in [-0.2, -0.15) is 0 Å². The average Bonchev–Trinajstić information content (AvgIpc) is 2.37. The van der Waals surface area contributed by atoms with Gasteiger partial charge < -0.3 is 4.90 Å². The lowest BCUT2D eigenvalue weighted by molar-refractivity contribution is 0.0688. The van der Waals surface area contributed by atoms with Gasteiger partial charge in [0.2, 0.25) is 0 Å². The number of likely N-dealkylation sites (tertiary alicyclic amines) is 1. The number of benzene rings is 1. The summed E-state index contributed by atoms with van der Waals surface area (Å²) in [6.07, 6.45) is 3.50. The lowest BCUT2D eigenvalue weighted by atomic mass is 9.94. The van der Waals surface area contributed by atoms with Crippen LogP contribution in [0.3, 0.4) is 0 Å². The third-order valence-electron chi connectivity index (χ3n) is 3.59. The van der Waals surface area contributed by atoms with Gasteiger partial charge in [-0.05, 0) is 37.0 Å². The van der Waals surface area contributed by atoms with Crippen molar-refractivity contribution in [3.8, 4) is 0 Å². The molecule has 0 unspecified atom stereocenters. The topological polar surface area (TPSA) is 20.3 Å². The molecule has 0 aliphatic carbocycles. The van der Waals surface area contributed by atoms with Crippen molar-refractivity contribution in [3.63, 3.8) is 0 Å². The molecular weight excluding hydrogens is 358 g/mol. The normalized spacial score (nSPS) is 16.9. The van der Waals surface area contributed by atoms with Crippen LogP contribution in [0.1, 0.15) is 36.5 Å². The maximum Gasteiger partial charge on any atom is 0.253 e. The smallest absolute Gasteiger partial charge is 0.253 e. The second-order valence-electron chi connectivity index (χ2n) is 4.80. The van der Waals surface area contributed by atoms with Gasteiger partial charge >= 0.3 is 0 Å². The third-order valence-corrected chi connectivity index (χ3v) is 4.50. The quantitative estimate of drug-likeness (QED) is 0.747.